The van der Waals surface area contributed by atoms with Crippen molar-refractivity contribution in [2.24, 2.45) is 0 Å². The highest BCUT2D eigenvalue weighted by atomic mass is 19.1. The summed E-state index contributed by atoms with van der Waals surface area (Å²) in [6.07, 6.45) is 6.23. The molecule has 1 saturated carbocycles. The minimum absolute atomic E-state index is 0.0120. The zero-order valence-corrected chi connectivity index (χ0v) is 22.1. The number of likely N-dealkylation sites (N-methyl/N-ethyl adjacent to an activating group) is 1. The lowest BCUT2D eigenvalue weighted by molar-refractivity contribution is 0.113. The first-order valence-corrected chi connectivity index (χ1v) is 12.9. The third-order valence-electron chi connectivity index (χ3n) is 6.56. The number of aliphatic hydroxyl groups is 1. The van der Waals surface area contributed by atoms with Gasteiger partial charge in [0.1, 0.15) is 18.1 Å². The molecule has 1 aliphatic rings. The van der Waals surface area contributed by atoms with Crippen molar-refractivity contribution in [3.05, 3.63) is 72.2 Å². The molecule has 5 rings (SSSR count). The molecule has 40 heavy (non-hydrogen) atoms. The van der Waals surface area contributed by atoms with E-state index in [4.69, 9.17) is 18.9 Å². The molecule has 11 heteroatoms. The highest BCUT2D eigenvalue weighted by Gasteiger charge is 2.23. The number of rotatable bonds is 12. The van der Waals surface area contributed by atoms with E-state index in [9.17, 15) is 5.11 Å². The molecule has 1 fully saturated rings. The first-order valence-electron chi connectivity index (χ1n) is 12.9. The average molecular weight is 553 g/mol. The second-order valence-corrected chi connectivity index (χ2v) is 9.28. The normalized spacial score (nSPS) is 13.9. The van der Waals surface area contributed by atoms with Crippen LogP contribution in [0.1, 0.15) is 31.1 Å². The van der Waals surface area contributed by atoms with Crippen molar-refractivity contribution in [3.63, 3.8) is 0 Å². The van der Waals surface area contributed by atoms with E-state index in [1.54, 1.807) is 24.4 Å². The number of methoxy groups -OCH3 is 1. The number of aromatic nitrogens is 2. The molecule has 1 atom stereocenters. The van der Waals surface area contributed by atoms with Crippen LogP contribution in [0.2, 0.25) is 0 Å². The zero-order valence-electron chi connectivity index (χ0n) is 22.1. The Morgan fingerprint density at radius 2 is 1.80 bits per heavy atom. The Bertz CT molecular complexity index is 1460. The SMILES string of the molecule is CNCCOc1cc2nccc(Oc3c(F)cc(NC(O)c4cnccc4OC4CCC4)cc3F)c2cc1OC. The molecule has 3 N–H and O–H groups in total. The van der Waals surface area contributed by atoms with Crippen molar-refractivity contribution in [1.82, 2.24) is 15.3 Å². The molecular formula is C29H30F2N4O5. The van der Waals surface area contributed by atoms with E-state index in [-0.39, 0.29) is 17.5 Å². The molecule has 0 aliphatic heterocycles. The van der Waals surface area contributed by atoms with E-state index in [1.165, 1.54) is 25.6 Å². The van der Waals surface area contributed by atoms with Gasteiger partial charge in [-0.25, -0.2) is 8.78 Å². The Morgan fingerprint density at radius 3 is 2.50 bits per heavy atom. The van der Waals surface area contributed by atoms with Crippen LogP contribution >= 0.6 is 0 Å². The number of nitrogens with zero attached hydrogens (tertiary/aromatic N) is 2. The van der Waals surface area contributed by atoms with Crippen LogP contribution in [0.4, 0.5) is 14.5 Å². The minimum Gasteiger partial charge on any atom is -0.493 e. The van der Waals surface area contributed by atoms with Crippen molar-refractivity contribution in [3.8, 4) is 28.7 Å². The fourth-order valence-electron chi connectivity index (χ4n) is 4.21. The molecule has 0 amide bonds. The second kappa shape index (κ2) is 12.3. The Kier molecular flexibility index (Phi) is 8.42. The lowest BCUT2D eigenvalue weighted by Gasteiger charge is -2.28. The summed E-state index contributed by atoms with van der Waals surface area (Å²) in [4.78, 5) is 8.37. The summed E-state index contributed by atoms with van der Waals surface area (Å²) >= 11 is 0. The number of hydrogen-bond donors (Lipinski definition) is 3. The first-order chi connectivity index (χ1) is 19.5. The van der Waals surface area contributed by atoms with Crippen LogP contribution in [0.5, 0.6) is 28.7 Å². The van der Waals surface area contributed by atoms with E-state index >= 15 is 8.78 Å². The van der Waals surface area contributed by atoms with Gasteiger partial charge in [0.05, 0.1) is 24.3 Å². The van der Waals surface area contributed by atoms with Gasteiger partial charge >= 0.3 is 0 Å². The number of nitrogens with one attached hydrogen (secondary N) is 2. The van der Waals surface area contributed by atoms with Gasteiger partial charge in [-0.3, -0.25) is 9.97 Å². The van der Waals surface area contributed by atoms with Gasteiger partial charge in [0, 0.05) is 54.4 Å². The number of benzene rings is 2. The lowest BCUT2D eigenvalue weighted by Crippen LogP contribution is -2.25. The maximum Gasteiger partial charge on any atom is 0.198 e. The van der Waals surface area contributed by atoms with Crippen LogP contribution < -0.4 is 29.6 Å². The van der Waals surface area contributed by atoms with Crippen molar-refractivity contribution in [2.45, 2.75) is 31.6 Å². The smallest absolute Gasteiger partial charge is 0.198 e. The van der Waals surface area contributed by atoms with E-state index < -0.39 is 23.6 Å². The Hall–Kier alpha value is -4.22. The fraction of sp³-hybridized carbons (Fsp3) is 0.310. The van der Waals surface area contributed by atoms with Gasteiger partial charge in [-0.2, -0.15) is 0 Å². The third kappa shape index (κ3) is 6.00. The topological polar surface area (TPSA) is 107 Å². The van der Waals surface area contributed by atoms with Crippen molar-refractivity contribution in [2.75, 3.05) is 32.6 Å². The Labute approximate surface area is 230 Å². The van der Waals surface area contributed by atoms with Crippen LogP contribution in [0.25, 0.3) is 10.9 Å². The second-order valence-electron chi connectivity index (χ2n) is 9.28. The van der Waals surface area contributed by atoms with Crippen LogP contribution in [0.15, 0.2) is 55.0 Å². The molecule has 0 saturated heterocycles. The zero-order chi connectivity index (χ0) is 28.1. The van der Waals surface area contributed by atoms with Crippen LogP contribution in [-0.2, 0) is 0 Å². The highest BCUT2D eigenvalue weighted by Crippen LogP contribution is 2.39. The molecule has 0 bridgehead atoms. The first kappa shape index (κ1) is 27.4. The van der Waals surface area contributed by atoms with E-state index in [2.05, 4.69) is 20.6 Å². The summed E-state index contributed by atoms with van der Waals surface area (Å²) in [5.41, 5.74) is 0.872. The quantitative estimate of drug-likeness (QED) is 0.159. The molecule has 2 aromatic carbocycles. The summed E-state index contributed by atoms with van der Waals surface area (Å²) in [5.74, 6) is -0.973. The largest absolute Gasteiger partial charge is 0.493 e. The highest BCUT2D eigenvalue weighted by molar-refractivity contribution is 5.88. The Balaban J connectivity index is 1.36. The summed E-state index contributed by atoms with van der Waals surface area (Å²) < 4.78 is 53.1. The van der Waals surface area contributed by atoms with Gasteiger partial charge in [-0.15, -0.1) is 0 Å². The van der Waals surface area contributed by atoms with Crippen molar-refractivity contribution in [1.29, 1.82) is 0 Å². The summed E-state index contributed by atoms with van der Waals surface area (Å²) in [6.45, 7) is 1.05. The molecule has 9 nitrogen and oxygen atoms in total. The fourth-order valence-corrected chi connectivity index (χ4v) is 4.21. The lowest BCUT2D eigenvalue weighted by atomic mass is 9.96. The number of ether oxygens (including phenoxy) is 4. The Morgan fingerprint density at radius 1 is 1.02 bits per heavy atom. The molecule has 210 valence electrons. The number of anilines is 1. The van der Waals surface area contributed by atoms with Gasteiger partial charge < -0.3 is 34.7 Å². The van der Waals surface area contributed by atoms with Crippen LogP contribution in [-0.4, -0.2) is 48.5 Å². The van der Waals surface area contributed by atoms with E-state index in [1.807, 2.05) is 7.05 Å². The molecule has 0 spiro atoms. The predicted molar refractivity (Wildman–Crippen MR) is 145 cm³/mol. The van der Waals surface area contributed by atoms with Gasteiger partial charge in [0.25, 0.3) is 0 Å². The maximum absolute atomic E-state index is 15.1. The number of hydrogen-bond acceptors (Lipinski definition) is 9. The monoisotopic (exact) mass is 552 g/mol. The predicted octanol–water partition coefficient (Wildman–Crippen LogP) is 5.34. The summed E-state index contributed by atoms with van der Waals surface area (Å²) in [6, 6.07) is 8.57. The van der Waals surface area contributed by atoms with Crippen LogP contribution in [0.3, 0.4) is 0 Å². The number of halogens is 2. The van der Waals surface area contributed by atoms with Gasteiger partial charge in [-0.1, -0.05) is 0 Å². The van der Waals surface area contributed by atoms with Crippen LogP contribution in [0, 0.1) is 11.6 Å². The summed E-state index contributed by atoms with van der Waals surface area (Å²) in [7, 11) is 3.31. The van der Waals surface area contributed by atoms with Gasteiger partial charge in [-0.05, 0) is 44.5 Å². The van der Waals surface area contributed by atoms with Gasteiger partial charge in [0.2, 0.25) is 0 Å². The molecule has 2 aromatic heterocycles. The van der Waals surface area contributed by atoms with E-state index in [0.717, 1.165) is 31.4 Å². The van der Waals surface area contributed by atoms with Crippen molar-refractivity contribution >= 4 is 16.6 Å². The summed E-state index contributed by atoms with van der Waals surface area (Å²) in [5, 5.41) is 16.9. The number of fused-ring (bicyclic) bond motifs is 1. The number of pyridine rings is 2. The molecule has 2 heterocycles. The molecular weight excluding hydrogens is 522 g/mol. The molecule has 0 radical (unpaired) electrons. The minimum atomic E-state index is -1.31. The van der Waals surface area contributed by atoms with E-state index in [0.29, 0.717) is 46.9 Å². The molecule has 1 unspecified atom stereocenters. The third-order valence-corrected chi connectivity index (χ3v) is 6.56. The average Bonchev–Trinajstić information content (AvgIpc) is 2.92. The maximum atomic E-state index is 15.1. The van der Waals surface area contributed by atoms with Gasteiger partial charge in [0.15, 0.2) is 35.1 Å². The van der Waals surface area contributed by atoms with Crippen molar-refractivity contribution < 1.29 is 32.8 Å². The molecule has 1 aliphatic carbocycles. The standard InChI is InChI=1S/C29H30F2N4O5/c1-32-10-11-38-27-15-23-19(14-26(27)37-2)24(7-9-34-23)40-28-21(30)12-17(13-22(28)31)35-29(36)20-16-33-8-6-25(20)39-18-4-3-5-18/h6-9,12-16,18,29,32,35-36H,3-5,10-11H2,1-2H3. The number of aliphatic hydroxyl groups excluding tert-OH is 1. The molecule has 4 aromatic rings.